The molecular weight excluding hydrogens is 206 g/mol. The Morgan fingerprint density at radius 3 is 2.27 bits per heavy atom. The molecule has 15 heavy (non-hydrogen) atoms. The van der Waals surface area contributed by atoms with Crippen LogP contribution in [0, 0.1) is 11.6 Å². The average Bonchev–Trinajstić information content (AvgIpc) is 2.19. The number of nitrogens with zero attached hydrogens (tertiary/aromatic N) is 2. The van der Waals surface area contributed by atoms with Crippen molar-refractivity contribution >= 4 is 18.2 Å². The number of aromatic nitrogens is 2. The fourth-order valence-electron chi connectivity index (χ4n) is 1.68. The normalized spacial score (nSPS) is 10.4. The molecule has 4 heteroatoms. The lowest BCUT2D eigenvalue weighted by Gasteiger charge is -2.20. The van der Waals surface area contributed by atoms with Crippen molar-refractivity contribution in [1.82, 2.24) is 9.97 Å². The van der Waals surface area contributed by atoms with Crippen molar-refractivity contribution in [1.29, 1.82) is 0 Å². The highest BCUT2D eigenvalue weighted by Crippen LogP contribution is 2.13. The van der Waals surface area contributed by atoms with Crippen molar-refractivity contribution in [3.63, 3.8) is 0 Å². The predicted octanol–water partition coefficient (Wildman–Crippen LogP) is 2.86. The maximum Gasteiger partial charge on any atom is 0.204 e. The van der Waals surface area contributed by atoms with Crippen LogP contribution >= 0.6 is 12.2 Å². The zero-order chi connectivity index (χ0) is 11.4. The number of aryl methyl sites for hydroxylation is 1. The van der Waals surface area contributed by atoms with Crippen LogP contribution < -0.4 is 4.90 Å². The summed E-state index contributed by atoms with van der Waals surface area (Å²) in [7, 11) is 0. The van der Waals surface area contributed by atoms with Crippen molar-refractivity contribution in [2.24, 2.45) is 0 Å². The molecule has 0 aliphatic carbocycles. The quantitative estimate of drug-likeness (QED) is 0.800. The number of rotatable bonds is 4. The molecule has 1 aromatic rings. The van der Waals surface area contributed by atoms with E-state index in [4.69, 9.17) is 12.2 Å². The van der Waals surface area contributed by atoms with Gasteiger partial charge in [0.25, 0.3) is 0 Å². The molecule has 0 aliphatic heterocycles. The Labute approximate surface area is 96.5 Å². The summed E-state index contributed by atoms with van der Waals surface area (Å²) in [5, 5.41) is 0. The Bertz CT molecular complexity index is 380. The Kier molecular flexibility index (Phi) is 4.27. The van der Waals surface area contributed by atoms with Crippen LogP contribution in [-0.4, -0.2) is 23.1 Å². The Hall–Kier alpha value is -0.900. The SMILES string of the molecule is CCc1c(C)[nH]c(N(CC)CC)nc1=S. The summed E-state index contributed by atoms with van der Waals surface area (Å²) in [5.74, 6) is 0.889. The molecule has 0 radical (unpaired) electrons. The average molecular weight is 225 g/mol. The van der Waals surface area contributed by atoms with E-state index in [1.807, 2.05) is 0 Å². The van der Waals surface area contributed by atoms with Gasteiger partial charge in [-0.2, -0.15) is 0 Å². The Balaban J connectivity index is 3.19. The van der Waals surface area contributed by atoms with Crippen LogP contribution in [0.5, 0.6) is 0 Å². The molecule has 0 saturated carbocycles. The summed E-state index contributed by atoms with van der Waals surface area (Å²) in [5.41, 5.74) is 2.29. The lowest BCUT2D eigenvalue weighted by molar-refractivity contribution is 0.807. The van der Waals surface area contributed by atoms with Crippen LogP contribution in [-0.2, 0) is 6.42 Å². The molecule has 0 atom stereocenters. The second-order valence-corrected chi connectivity index (χ2v) is 3.88. The summed E-state index contributed by atoms with van der Waals surface area (Å²) in [6.45, 7) is 10.3. The number of H-pyrrole nitrogens is 1. The monoisotopic (exact) mass is 225 g/mol. The zero-order valence-electron chi connectivity index (χ0n) is 9.92. The van der Waals surface area contributed by atoms with Gasteiger partial charge in [0.1, 0.15) is 4.64 Å². The van der Waals surface area contributed by atoms with Gasteiger partial charge in [-0.25, -0.2) is 4.98 Å². The van der Waals surface area contributed by atoms with Crippen molar-refractivity contribution in [2.45, 2.75) is 34.1 Å². The molecule has 84 valence electrons. The van der Waals surface area contributed by atoms with Gasteiger partial charge >= 0.3 is 0 Å². The number of nitrogens with one attached hydrogen (secondary N) is 1. The molecule has 0 unspecified atom stereocenters. The maximum absolute atomic E-state index is 5.28. The summed E-state index contributed by atoms with van der Waals surface area (Å²) >= 11 is 5.28. The molecule has 0 saturated heterocycles. The molecule has 1 aromatic heterocycles. The van der Waals surface area contributed by atoms with E-state index in [2.05, 4.69) is 42.6 Å². The van der Waals surface area contributed by atoms with E-state index in [1.165, 1.54) is 0 Å². The molecule has 0 amide bonds. The molecule has 1 heterocycles. The minimum Gasteiger partial charge on any atom is -0.343 e. The Morgan fingerprint density at radius 1 is 1.27 bits per heavy atom. The third-order valence-electron chi connectivity index (χ3n) is 2.63. The molecule has 0 aromatic carbocycles. The maximum atomic E-state index is 5.28. The fraction of sp³-hybridized carbons (Fsp3) is 0.636. The van der Waals surface area contributed by atoms with Crippen molar-refractivity contribution in [3.05, 3.63) is 15.9 Å². The van der Waals surface area contributed by atoms with Gasteiger partial charge < -0.3 is 9.88 Å². The van der Waals surface area contributed by atoms with Crippen molar-refractivity contribution in [2.75, 3.05) is 18.0 Å². The van der Waals surface area contributed by atoms with Crippen LogP contribution in [0.3, 0.4) is 0 Å². The highest BCUT2D eigenvalue weighted by Gasteiger charge is 2.07. The first-order valence-corrected chi connectivity index (χ1v) is 5.89. The third-order valence-corrected chi connectivity index (χ3v) is 2.97. The van der Waals surface area contributed by atoms with Gasteiger partial charge in [0.2, 0.25) is 5.95 Å². The van der Waals surface area contributed by atoms with Gasteiger partial charge in [0, 0.05) is 24.3 Å². The van der Waals surface area contributed by atoms with Gasteiger partial charge in [0.15, 0.2) is 0 Å². The van der Waals surface area contributed by atoms with Crippen LogP contribution in [0.15, 0.2) is 0 Å². The number of hydrogen-bond acceptors (Lipinski definition) is 3. The lowest BCUT2D eigenvalue weighted by Crippen LogP contribution is -2.24. The number of hydrogen-bond donors (Lipinski definition) is 1. The molecule has 0 bridgehead atoms. The van der Waals surface area contributed by atoms with Crippen LogP contribution in [0.25, 0.3) is 0 Å². The minimum atomic E-state index is 0.732. The number of aromatic amines is 1. The van der Waals surface area contributed by atoms with E-state index >= 15 is 0 Å². The van der Waals surface area contributed by atoms with Crippen molar-refractivity contribution < 1.29 is 0 Å². The summed E-state index contributed by atoms with van der Waals surface area (Å²) < 4.78 is 0.732. The van der Waals surface area contributed by atoms with Gasteiger partial charge in [-0.15, -0.1) is 0 Å². The lowest BCUT2D eigenvalue weighted by atomic mass is 10.2. The van der Waals surface area contributed by atoms with E-state index in [0.717, 1.165) is 41.4 Å². The van der Waals surface area contributed by atoms with E-state index in [9.17, 15) is 0 Å². The molecule has 0 aliphatic rings. The largest absolute Gasteiger partial charge is 0.343 e. The third kappa shape index (κ3) is 2.56. The van der Waals surface area contributed by atoms with Crippen molar-refractivity contribution in [3.8, 4) is 0 Å². The van der Waals surface area contributed by atoms with Crippen LogP contribution in [0.4, 0.5) is 5.95 Å². The first-order chi connectivity index (χ1) is 7.13. The minimum absolute atomic E-state index is 0.732. The molecule has 1 N–H and O–H groups in total. The van der Waals surface area contributed by atoms with E-state index in [-0.39, 0.29) is 0 Å². The second kappa shape index (κ2) is 5.26. The molecule has 1 rings (SSSR count). The molecular formula is C11H19N3S. The zero-order valence-corrected chi connectivity index (χ0v) is 10.7. The smallest absolute Gasteiger partial charge is 0.204 e. The summed E-state index contributed by atoms with van der Waals surface area (Å²) in [6.07, 6.45) is 0.937. The van der Waals surface area contributed by atoms with Crippen LogP contribution in [0.2, 0.25) is 0 Å². The highest BCUT2D eigenvalue weighted by molar-refractivity contribution is 7.71. The topological polar surface area (TPSA) is 31.9 Å². The van der Waals surface area contributed by atoms with Gasteiger partial charge in [-0.3, -0.25) is 0 Å². The van der Waals surface area contributed by atoms with Crippen LogP contribution in [0.1, 0.15) is 32.0 Å². The first-order valence-electron chi connectivity index (χ1n) is 5.48. The fourth-order valence-corrected chi connectivity index (χ4v) is 2.07. The molecule has 0 fully saturated rings. The van der Waals surface area contributed by atoms with E-state index < -0.39 is 0 Å². The number of anilines is 1. The molecule has 3 nitrogen and oxygen atoms in total. The van der Waals surface area contributed by atoms with Gasteiger partial charge in [0.05, 0.1) is 0 Å². The first kappa shape index (κ1) is 12.2. The van der Waals surface area contributed by atoms with E-state index in [1.54, 1.807) is 0 Å². The standard InChI is InChI=1S/C11H19N3S/c1-5-9-8(4)12-11(13-10(9)15)14(6-2)7-3/h5-7H2,1-4H3,(H,12,13,15). The highest BCUT2D eigenvalue weighted by atomic mass is 32.1. The summed E-state index contributed by atoms with van der Waals surface area (Å²) in [6, 6.07) is 0. The predicted molar refractivity (Wildman–Crippen MR) is 67.1 cm³/mol. The Morgan fingerprint density at radius 2 is 1.87 bits per heavy atom. The summed E-state index contributed by atoms with van der Waals surface area (Å²) in [4.78, 5) is 9.92. The van der Waals surface area contributed by atoms with Gasteiger partial charge in [-0.05, 0) is 27.2 Å². The van der Waals surface area contributed by atoms with E-state index in [0.29, 0.717) is 0 Å². The molecule has 0 spiro atoms. The second-order valence-electron chi connectivity index (χ2n) is 3.49. The van der Waals surface area contributed by atoms with Gasteiger partial charge in [-0.1, -0.05) is 19.1 Å².